The van der Waals surface area contributed by atoms with Crippen LogP contribution in [0.2, 0.25) is 0 Å². The average molecular weight is 307 g/mol. The van der Waals surface area contributed by atoms with Crippen molar-refractivity contribution in [3.63, 3.8) is 0 Å². The lowest BCUT2D eigenvalue weighted by atomic mass is 10.3. The number of nitrogens with zero attached hydrogens (tertiary/aromatic N) is 1. The number of hydrogen-bond donors (Lipinski definition) is 0. The predicted octanol–water partition coefficient (Wildman–Crippen LogP) is 3.63. The van der Waals surface area contributed by atoms with Crippen LogP contribution < -0.4 is 0 Å². The molecule has 0 aliphatic carbocycles. The Bertz CT molecular complexity index is 380. The zero-order chi connectivity index (χ0) is 11.1. The Labute approximate surface area is 86.1 Å². The molecule has 6 heteroatoms. The van der Waals surface area contributed by atoms with E-state index in [1.54, 1.807) is 0 Å². The average Bonchev–Trinajstić information content (AvgIpc) is 2.06. The van der Waals surface area contributed by atoms with Crippen molar-refractivity contribution in [2.45, 2.75) is 6.18 Å². The van der Waals surface area contributed by atoms with Gasteiger partial charge in [-0.2, -0.15) is 13.2 Å². The molecule has 0 aliphatic heterocycles. The Hall–Kier alpha value is -0.100. The fourth-order valence-corrected chi connectivity index (χ4v) is 1.53. The largest absolute Gasteiger partial charge is 0.433 e. The number of halogens is 5. The van der Waals surface area contributed by atoms with Crippen LogP contribution in [0.4, 0.5) is 13.2 Å². The Balaban J connectivity index is 3.49. The lowest BCUT2D eigenvalue weighted by molar-refractivity contribution is -0.141. The van der Waals surface area contributed by atoms with Crippen LogP contribution in [-0.4, -0.2) is 4.98 Å². The van der Waals surface area contributed by atoms with Gasteiger partial charge in [0.05, 0.1) is 2.74 Å². The van der Waals surface area contributed by atoms with Gasteiger partial charge in [-0.15, -0.1) is 0 Å². The summed E-state index contributed by atoms with van der Waals surface area (Å²) in [4.78, 5) is 3.09. The molecule has 66 valence electrons. The maximum atomic E-state index is 12.3. The molecule has 12 heavy (non-hydrogen) atoms. The fourth-order valence-electron chi connectivity index (χ4n) is 0.514. The molecule has 1 nitrogen and oxygen atoms in total. The number of pyridine rings is 1. The molecule has 0 saturated heterocycles. The van der Waals surface area contributed by atoms with E-state index in [0.717, 1.165) is 0 Å². The van der Waals surface area contributed by atoms with Crippen LogP contribution >= 0.6 is 31.9 Å². The normalized spacial score (nSPS) is 14.1. The first-order valence-electron chi connectivity index (χ1n) is 3.64. The SMILES string of the molecule is [2H]c1c(Br)nc(C(F)(F)F)c([2H])c1Br. The predicted molar refractivity (Wildman–Crippen MR) is 44.6 cm³/mol. The first kappa shape index (κ1) is 7.32. The molecule has 0 saturated carbocycles. The second-order valence-corrected chi connectivity index (χ2v) is 3.36. The highest BCUT2D eigenvalue weighted by Gasteiger charge is 2.32. The van der Waals surface area contributed by atoms with E-state index in [1.165, 1.54) is 0 Å². The first-order chi connectivity index (χ1) is 6.25. The summed E-state index contributed by atoms with van der Waals surface area (Å²) in [6, 6.07) is -1.10. The molecule has 0 unspecified atom stereocenters. The highest BCUT2D eigenvalue weighted by molar-refractivity contribution is 9.11. The third kappa shape index (κ3) is 2.45. The van der Waals surface area contributed by atoms with Crippen molar-refractivity contribution < 1.29 is 15.9 Å². The monoisotopic (exact) mass is 305 g/mol. The summed E-state index contributed by atoms with van der Waals surface area (Å²) in [5.74, 6) is 0. The van der Waals surface area contributed by atoms with Gasteiger partial charge < -0.3 is 0 Å². The second-order valence-electron chi connectivity index (χ2n) is 1.81. The van der Waals surface area contributed by atoms with Crippen LogP contribution in [0.25, 0.3) is 0 Å². The van der Waals surface area contributed by atoms with Crippen LogP contribution in [0.5, 0.6) is 0 Å². The van der Waals surface area contributed by atoms with Gasteiger partial charge in [-0.3, -0.25) is 0 Å². The van der Waals surface area contributed by atoms with E-state index >= 15 is 0 Å². The van der Waals surface area contributed by atoms with Gasteiger partial charge in [0.1, 0.15) is 10.3 Å². The van der Waals surface area contributed by atoms with E-state index in [2.05, 4.69) is 36.8 Å². The molecule has 0 bridgehead atoms. The third-order valence-electron chi connectivity index (χ3n) is 0.920. The Morgan fingerprint density at radius 2 is 1.92 bits per heavy atom. The molecule has 1 aromatic heterocycles. The first-order valence-corrected chi connectivity index (χ1v) is 4.23. The molecule has 0 spiro atoms. The molecule has 1 heterocycles. The van der Waals surface area contributed by atoms with Crippen molar-refractivity contribution in [3.05, 3.63) is 26.9 Å². The van der Waals surface area contributed by atoms with E-state index in [-0.39, 0.29) is 15.1 Å². The topological polar surface area (TPSA) is 12.9 Å². The molecule has 1 rings (SSSR count). The van der Waals surface area contributed by atoms with Gasteiger partial charge >= 0.3 is 6.18 Å². The van der Waals surface area contributed by atoms with E-state index < -0.39 is 17.9 Å². The summed E-state index contributed by atoms with van der Waals surface area (Å²) >= 11 is 5.44. The zero-order valence-electron chi connectivity index (χ0n) is 7.34. The molecular weight excluding hydrogens is 303 g/mol. The molecule has 0 aliphatic rings. The standard InChI is InChI=1S/C6H2Br2F3N/c7-3-1-4(6(9,10)11)12-5(8)2-3/h1-2H/i1D,2D. The molecule has 0 fully saturated rings. The molecule has 0 atom stereocenters. The fraction of sp³-hybridized carbons (Fsp3) is 0.167. The van der Waals surface area contributed by atoms with Crippen molar-refractivity contribution in [1.82, 2.24) is 4.98 Å². The second kappa shape index (κ2) is 3.33. The molecular formula is C6H2Br2F3N. The van der Waals surface area contributed by atoms with Crippen LogP contribution in [0.1, 0.15) is 8.44 Å². The van der Waals surface area contributed by atoms with Gasteiger partial charge in [-0.1, -0.05) is 15.9 Å². The summed E-state index contributed by atoms with van der Waals surface area (Å²) in [5.41, 5.74) is -1.31. The smallest absolute Gasteiger partial charge is 0.236 e. The van der Waals surface area contributed by atoms with E-state index in [9.17, 15) is 13.2 Å². The van der Waals surface area contributed by atoms with Crippen molar-refractivity contribution in [1.29, 1.82) is 0 Å². The maximum absolute atomic E-state index is 12.3. The lowest BCUT2D eigenvalue weighted by Gasteiger charge is -2.05. The molecule has 0 amide bonds. The van der Waals surface area contributed by atoms with Gasteiger partial charge in [-0.25, -0.2) is 4.98 Å². The summed E-state index contributed by atoms with van der Waals surface area (Å²) < 4.78 is 50.7. The number of hydrogen-bond acceptors (Lipinski definition) is 1. The van der Waals surface area contributed by atoms with Crippen molar-refractivity contribution in [2.75, 3.05) is 0 Å². The van der Waals surface area contributed by atoms with Gasteiger partial charge in [-0.05, 0) is 28.0 Å². The number of alkyl halides is 3. The molecule has 0 aromatic carbocycles. The Morgan fingerprint density at radius 1 is 1.33 bits per heavy atom. The Morgan fingerprint density at radius 3 is 2.42 bits per heavy atom. The van der Waals surface area contributed by atoms with Crippen molar-refractivity contribution in [3.8, 4) is 0 Å². The minimum atomic E-state index is -4.68. The zero-order valence-corrected chi connectivity index (χ0v) is 8.51. The van der Waals surface area contributed by atoms with E-state index in [4.69, 9.17) is 2.74 Å². The summed E-state index contributed by atoms with van der Waals surface area (Å²) in [5, 5.41) is 0. The van der Waals surface area contributed by atoms with Crippen LogP contribution in [0, 0.1) is 0 Å². The maximum Gasteiger partial charge on any atom is 0.433 e. The minimum Gasteiger partial charge on any atom is -0.236 e. The van der Waals surface area contributed by atoms with Crippen molar-refractivity contribution in [2.24, 2.45) is 0 Å². The van der Waals surface area contributed by atoms with Gasteiger partial charge in [0.25, 0.3) is 0 Å². The highest BCUT2D eigenvalue weighted by atomic mass is 79.9. The van der Waals surface area contributed by atoms with E-state index in [0.29, 0.717) is 0 Å². The minimum absolute atomic E-state index is 0.230. The van der Waals surface area contributed by atoms with Gasteiger partial charge in [0, 0.05) is 4.47 Å². The number of aromatic nitrogens is 1. The van der Waals surface area contributed by atoms with E-state index in [1.807, 2.05) is 0 Å². The van der Waals surface area contributed by atoms with Gasteiger partial charge in [0.2, 0.25) is 0 Å². The Kier molecular flexibility index (Phi) is 2.03. The number of rotatable bonds is 0. The van der Waals surface area contributed by atoms with Crippen LogP contribution in [0.15, 0.2) is 21.2 Å². The van der Waals surface area contributed by atoms with Crippen molar-refractivity contribution >= 4 is 31.9 Å². The molecule has 1 aromatic rings. The van der Waals surface area contributed by atoms with Gasteiger partial charge in [0.15, 0.2) is 0 Å². The molecule has 0 N–H and O–H groups in total. The summed E-state index contributed by atoms with van der Waals surface area (Å²) in [6.07, 6.45) is -4.68. The third-order valence-corrected chi connectivity index (χ3v) is 1.69. The summed E-state index contributed by atoms with van der Waals surface area (Å²) in [7, 11) is 0. The van der Waals surface area contributed by atoms with Crippen LogP contribution in [0.3, 0.4) is 0 Å². The lowest BCUT2D eigenvalue weighted by Crippen LogP contribution is -2.07. The summed E-state index contributed by atoms with van der Waals surface area (Å²) in [6.45, 7) is 0. The highest BCUT2D eigenvalue weighted by Crippen LogP contribution is 2.30. The quantitative estimate of drug-likeness (QED) is 0.667. The molecule has 0 radical (unpaired) electrons. The van der Waals surface area contributed by atoms with Crippen LogP contribution in [-0.2, 0) is 6.18 Å².